The highest BCUT2D eigenvalue weighted by Crippen LogP contribution is 2.42. The van der Waals surface area contributed by atoms with E-state index in [0.717, 1.165) is 4.68 Å². The fourth-order valence-corrected chi connectivity index (χ4v) is 3.27. The third-order valence-corrected chi connectivity index (χ3v) is 4.63. The molecule has 0 radical (unpaired) electrons. The zero-order valence-electron chi connectivity index (χ0n) is 16.4. The van der Waals surface area contributed by atoms with Crippen LogP contribution in [0.4, 0.5) is 32.2 Å². The lowest BCUT2D eigenvalue weighted by Crippen LogP contribution is -2.16. The zero-order chi connectivity index (χ0) is 23.3. The first-order valence-electron chi connectivity index (χ1n) is 9.06. The molecule has 1 N–H and O–H groups in total. The number of nitrogens with zero attached hydrogens (tertiary/aromatic N) is 7. The minimum Gasteiger partial charge on any atom is -0.358 e. The van der Waals surface area contributed by atoms with Gasteiger partial charge in [-0.05, 0) is 25.1 Å². The summed E-state index contributed by atoms with van der Waals surface area (Å²) in [4.78, 5) is 12.2. The van der Waals surface area contributed by atoms with Crippen molar-refractivity contribution in [1.29, 1.82) is 0 Å². The van der Waals surface area contributed by atoms with Crippen molar-refractivity contribution in [2.45, 2.75) is 25.3 Å². The van der Waals surface area contributed by atoms with Gasteiger partial charge in [-0.3, -0.25) is 4.68 Å². The van der Waals surface area contributed by atoms with Gasteiger partial charge in [-0.25, -0.2) is 15.0 Å². The van der Waals surface area contributed by atoms with E-state index in [-0.39, 0.29) is 29.0 Å². The fraction of sp³-hybridized carbons (Fsp3) is 0.278. The van der Waals surface area contributed by atoms with Crippen molar-refractivity contribution < 1.29 is 26.3 Å². The van der Waals surface area contributed by atoms with Crippen LogP contribution in [0.2, 0.25) is 0 Å². The van der Waals surface area contributed by atoms with E-state index in [9.17, 15) is 26.3 Å². The quantitative estimate of drug-likeness (QED) is 0.465. The van der Waals surface area contributed by atoms with Crippen LogP contribution in [0.25, 0.3) is 16.9 Å². The Morgan fingerprint density at radius 3 is 2.28 bits per heavy atom. The first kappa shape index (κ1) is 21.5. The third-order valence-electron chi connectivity index (χ3n) is 4.63. The van der Waals surface area contributed by atoms with E-state index in [2.05, 4.69) is 30.5 Å². The molecule has 0 spiro atoms. The maximum atomic E-state index is 13.5. The number of hydrogen-bond acceptors (Lipinski definition) is 6. The average molecular weight is 456 g/mol. The Bertz CT molecular complexity index is 1260. The summed E-state index contributed by atoms with van der Waals surface area (Å²) in [6, 6.07) is 1.60. The second-order valence-corrected chi connectivity index (χ2v) is 6.83. The van der Waals surface area contributed by atoms with Crippen LogP contribution in [0, 0.1) is 0 Å². The summed E-state index contributed by atoms with van der Waals surface area (Å²) >= 11 is 0. The van der Waals surface area contributed by atoms with Gasteiger partial charge in [0.15, 0.2) is 11.6 Å². The second-order valence-electron chi connectivity index (χ2n) is 6.83. The molecule has 0 aliphatic rings. The van der Waals surface area contributed by atoms with E-state index < -0.39 is 35.0 Å². The number of anilines is 1. The van der Waals surface area contributed by atoms with Crippen LogP contribution in [0.3, 0.4) is 0 Å². The van der Waals surface area contributed by atoms with E-state index in [1.54, 1.807) is 13.0 Å². The summed E-state index contributed by atoms with van der Waals surface area (Å²) in [5.41, 5.74) is -3.34. The molecule has 8 nitrogen and oxygen atoms in total. The number of fused-ring (bicyclic) bond motifs is 1. The smallest absolute Gasteiger partial charge is 0.358 e. The molecule has 1 aromatic carbocycles. The summed E-state index contributed by atoms with van der Waals surface area (Å²) in [5.74, 6) is 0.298. The summed E-state index contributed by atoms with van der Waals surface area (Å²) in [7, 11) is 1.22. The number of aromatic nitrogens is 7. The van der Waals surface area contributed by atoms with Crippen molar-refractivity contribution in [1.82, 2.24) is 34.5 Å². The molecule has 0 aliphatic heterocycles. The van der Waals surface area contributed by atoms with Gasteiger partial charge in [-0.15, -0.1) is 0 Å². The number of aryl methyl sites for hydroxylation is 1. The van der Waals surface area contributed by atoms with Gasteiger partial charge in [0, 0.05) is 24.8 Å². The van der Waals surface area contributed by atoms with E-state index in [4.69, 9.17) is 0 Å². The Hall–Kier alpha value is -3.71. The summed E-state index contributed by atoms with van der Waals surface area (Å²) in [5, 5.41) is 10.5. The molecule has 0 aliphatic carbocycles. The lowest BCUT2D eigenvalue weighted by molar-refractivity contribution is -0.142. The first-order chi connectivity index (χ1) is 15.0. The Morgan fingerprint density at radius 1 is 0.969 bits per heavy atom. The van der Waals surface area contributed by atoms with Gasteiger partial charge in [0.25, 0.3) is 5.95 Å². The molecule has 0 fully saturated rings. The Labute approximate surface area is 175 Å². The minimum absolute atomic E-state index is 0.0839. The molecule has 168 valence electrons. The van der Waals surface area contributed by atoms with Crippen molar-refractivity contribution in [3.8, 4) is 5.95 Å². The third kappa shape index (κ3) is 3.83. The number of halogens is 6. The van der Waals surface area contributed by atoms with Crippen molar-refractivity contribution >= 4 is 16.7 Å². The standard InChI is InChI=1S/C18H14F6N8/c1-9(15-27-8-28-32(15)16-25-4-3-5-26-16)29-14-11-6-10(17(19,20)21)7-12(18(22,23)24)13(11)31(2)30-14/h3-9H,1-2H3,(H,29,30). The minimum atomic E-state index is -5.01. The lowest BCUT2D eigenvalue weighted by atomic mass is 10.0. The van der Waals surface area contributed by atoms with Crippen molar-refractivity contribution in [2.75, 3.05) is 5.32 Å². The number of benzene rings is 1. The van der Waals surface area contributed by atoms with Gasteiger partial charge in [0.05, 0.1) is 22.7 Å². The first-order valence-corrected chi connectivity index (χ1v) is 9.06. The lowest BCUT2D eigenvalue weighted by Gasteiger charge is -2.15. The highest BCUT2D eigenvalue weighted by Gasteiger charge is 2.40. The summed E-state index contributed by atoms with van der Waals surface area (Å²) in [6.45, 7) is 1.60. The van der Waals surface area contributed by atoms with Gasteiger partial charge in [-0.1, -0.05) is 0 Å². The molecule has 1 unspecified atom stereocenters. The van der Waals surface area contributed by atoms with Crippen LogP contribution in [0.5, 0.6) is 0 Å². The van der Waals surface area contributed by atoms with Crippen LogP contribution < -0.4 is 5.32 Å². The van der Waals surface area contributed by atoms with Crippen LogP contribution in [-0.4, -0.2) is 34.5 Å². The maximum Gasteiger partial charge on any atom is 0.418 e. The van der Waals surface area contributed by atoms with E-state index in [1.807, 2.05) is 0 Å². The fourth-order valence-electron chi connectivity index (χ4n) is 3.27. The Morgan fingerprint density at radius 2 is 1.66 bits per heavy atom. The summed E-state index contributed by atoms with van der Waals surface area (Å²) in [6.07, 6.45) is -5.80. The van der Waals surface area contributed by atoms with E-state index >= 15 is 0 Å². The number of nitrogens with one attached hydrogen (secondary N) is 1. The zero-order valence-corrected chi connectivity index (χ0v) is 16.4. The molecule has 14 heteroatoms. The van der Waals surface area contributed by atoms with Crippen molar-refractivity contribution in [2.24, 2.45) is 7.05 Å². The molecule has 1 atom stereocenters. The number of rotatable bonds is 4. The van der Waals surface area contributed by atoms with E-state index in [1.165, 1.54) is 30.5 Å². The van der Waals surface area contributed by atoms with Crippen molar-refractivity contribution in [3.05, 3.63) is 53.9 Å². The molecule has 0 saturated heterocycles. The largest absolute Gasteiger partial charge is 0.418 e. The number of alkyl halides is 6. The molecule has 4 aromatic rings. The number of hydrogen-bond donors (Lipinski definition) is 1. The second kappa shape index (κ2) is 7.46. The maximum absolute atomic E-state index is 13.5. The molecular weight excluding hydrogens is 442 g/mol. The van der Waals surface area contributed by atoms with Crippen LogP contribution in [0.15, 0.2) is 36.9 Å². The van der Waals surface area contributed by atoms with E-state index in [0.29, 0.717) is 6.07 Å². The SMILES string of the molecule is CC(Nc1nn(C)c2c(C(F)(F)F)cc(C(F)(F)F)cc12)c1ncnn1-c1ncccn1. The Balaban J connectivity index is 1.81. The highest BCUT2D eigenvalue weighted by atomic mass is 19.4. The molecule has 3 heterocycles. The van der Waals surface area contributed by atoms with Gasteiger partial charge in [-0.2, -0.15) is 41.2 Å². The van der Waals surface area contributed by atoms with Crippen LogP contribution in [-0.2, 0) is 19.4 Å². The topological polar surface area (TPSA) is 86.3 Å². The van der Waals surface area contributed by atoms with Crippen LogP contribution >= 0.6 is 0 Å². The van der Waals surface area contributed by atoms with Gasteiger partial charge in [0.1, 0.15) is 6.33 Å². The summed E-state index contributed by atoms with van der Waals surface area (Å²) < 4.78 is 82.7. The van der Waals surface area contributed by atoms with Gasteiger partial charge < -0.3 is 5.32 Å². The highest BCUT2D eigenvalue weighted by molar-refractivity contribution is 5.93. The monoisotopic (exact) mass is 456 g/mol. The predicted octanol–water partition coefficient (Wildman–Crippen LogP) is 4.15. The molecular formula is C18H14F6N8. The molecule has 3 aromatic heterocycles. The average Bonchev–Trinajstić information content (AvgIpc) is 3.32. The molecule has 4 rings (SSSR count). The molecule has 32 heavy (non-hydrogen) atoms. The van der Waals surface area contributed by atoms with Crippen molar-refractivity contribution in [3.63, 3.8) is 0 Å². The molecule has 0 amide bonds. The molecule has 0 saturated carbocycles. The molecule has 0 bridgehead atoms. The Kier molecular flexibility index (Phi) is 5.02. The van der Waals surface area contributed by atoms with Crippen LogP contribution in [0.1, 0.15) is 29.9 Å². The normalized spacial score (nSPS) is 13.5. The predicted molar refractivity (Wildman–Crippen MR) is 99.7 cm³/mol. The van der Waals surface area contributed by atoms with Gasteiger partial charge in [0.2, 0.25) is 0 Å². The van der Waals surface area contributed by atoms with Gasteiger partial charge >= 0.3 is 12.4 Å².